The van der Waals surface area contributed by atoms with Gasteiger partial charge in [-0.3, -0.25) is 4.79 Å². The van der Waals surface area contributed by atoms with Crippen LogP contribution in [0.15, 0.2) is 42.5 Å². The molecule has 0 spiro atoms. The van der Waals surface area contributed by atoms with Gasteiger partial charge in [-0.1, -0.05) is 36.4 Å². The molecule has 1 aliphatic heterocycles. The maximum Gasteiger partial charge on any atom is 0.263 e. The Balaban J connectivity index is 1.75. The molecule has 2 aromatic carbocycles. The largest absolute Gasteiger partial charge is 0.480 e. The summed E-state index contributed by atoms with van der Waals surface area (Å²) in [5, 5.41) is 2.14. The monoisotopic (exact) mass is 313 g/mol. The molecule has 122 valence electrons. The predicted octanol–water partition coefficient (Wildman–Crippen LogP) is 3.24. The van der Waals surface area contributed by atoms with Gasteiger partial charge in [0.15, 0.2) is 6.10 Å². The highest BCUT2D eigenvalue weighted by atomic mass is 16.5. The van der Waals surface area contributed by atoms with Gasteiger partial charge < -0.3 is 14.4 Å². The van der Waals surface area contributed by atoms with Gasteiger partial charge in [-0.25, -0.2) is 0 Å². The van der Waals surface area contributed by atoms with Crippen LogP contribution < -0.4 is 4.74 Å². The van der Waals surface area contributed by atoms with Gasteiger partial charge in [0.25, 0.3) is 5.91 Å². The van der Waals surface area contributed by atoms with E-state index >= 15 is 0 Å². The van der Waals surface area contributed by atoms with Gasteiger partial charge in [-0.15, -0.1) is 0 Å². The summed E-state index contributed by atoms with van der Waals surface area (Å²) >= 11 is 0. The summed E-state index contributed by atoms with van der Waals surface area (Å²) in [6, 6.07) is 13.9. The van der Waals surface area contributed by atoms with Crippen molar-refractivity contribution < 1.29 is 14.3 Å². The van der Waals surface area contributed by atoms with Gasteiger partial charge in [0.1, 0.15) is 5.75 Å². The molecule has 4 nitrogen and oxygen atoms in total. The van der Waals surface area contributed by atoms with Crippen LogP contribution in [0.2, 0.25) is 0 Å². The van der Waals surface area contributed by atoms with E-state index < -0.39 is 6.10 Å². The van der Waals surface area contributed by atoms with Crippen molar-refractivity contribution in [2.45, 2.75) is 39.1 Å². The quantitative estimate of drug-likeness (QED) is 0.873. The third kappa shape index (κ3) is 3.48. The van der Waals surface area contributed by atoms with Crippen molar-refractivity contribution in [1.82, 2.24) is 4.90 Å². The Morgan fingerprint density at radius 3 is 2.52 bits per heavy atom. The first-order valence-electron chi connectivity index (χ1n) is 8.13. The Morgan fingerprint density at radius 2 is 1.78 bits per heavy atom. The number of carbonyl (C=O) groups excluding carboxylic acids is 1. The Bertz CT molecular complexity index is 685. The second-order valence-corrected chi connectivity index (χ2v) is 6.24. The van der Waals surface area contributed by atoms with Crippen molar-refractivity contribution in [1.29, 1.82) is 0 Å². The first kappa shape index (κ1) is 15.8. The number of benzene rings is 2. The standard InChI is InChI=1S/C19H23NO3/c1-13-11-20(12-14(2)22-13)19(21)15(3)23-18-10-6-8-16-7-4-5-9-17(16)18/h4-10,13-15H,11-12H2,1-3H3/t13-,14+,15-/m0/s1. The normalized spacial score (nSPS) is 22.8. The smallest absolute Gasteiger partial charge is 0.263 e. The molecule has 2 aromatic rings. The fraction of sp³-hybridized carbons (Fsp3) is 0.421. The van der Waals surface area contributed by atoms with Crippen LogP contribution in [0.25, 0.3) is 10.8 Å². The molecular formula is C19H23NO3. The topological polar surface area (TPSA) is 38.8 Å². The van der Waals surface area contributed by atoms with Crippen LogP contribution in [0.4, 0.5) is 0 Å². The van der Waals surface area contributed by atoms with E-state index in [0.29, 0.717) is 13.1 Å². The van der Waals surface area contributed by atoms with Gasteiger partial charge >= 0.3 is 0 Å². The number of hydrogen-bond donors (Lipinski definition) is 0. The van der Waals surface area contributed by atoms with Crippen LogP contribution in [-0.4, -0.2) is 42.2 Å². The highest BCUT2D eigenvalue weighted by molar-refractivity contribution is 5.89. The molecule has 23 heavy (non-hydrogen) atoms. The molecule has 1 saturated heterocycles. The van der Waals surface area contributed by atoms with E-state index in [1.165, 1.54) is 0 Å². The fourth-order valence-electron chi connectivity index (χ4n) is 3.15. The van der Waals surface area contributed by atoms with Crippen molar-refractivity contribution in [3.8, 4) is 5.75 Å². The molecule has 0 radical (unpaired) electrons. The lowest BCUT2D eigenvalue weighted by Gasteiger charge is -2.36. The van der Waals surface area contributed by atoms with E-state index in [1.807, 2.05) is 68.1 Å². The van der Waals surface area contributed by atoms with Crippen molar-refractivity contribution >= 4 is 16.7 Å². The van der Waals surface area contributed by atoms with Crippen molar-refractivity contribution in [2.24, 2.45) is 0 Å². The molecule has 0 saturated carbocycles. The number of amides is 1. The SMILES string of the molecule is C[C@@H]1CN(C(=O)[C@H](C)Oc2cccc3ccccc23)C[C@H](C)O1. The summed E-state index contributed by atoms with van der Waals surface area (Å²) in [7, 11) is 0. The number of nitrogens with zero attached hydrogens (tertiary/aromatic N) is 1. The third-order valence-electron chi connectivity index (χ3n) is 4.13. The lowest BCUT2D eigenvalue weighted by atomic mass is 10.1. The summed E-state index contributed by atoms with van der Waals surface area (Å²) in [5.74, 6) is 0.762. The molecule has 4 heteroatoms. The molecular weight excluding hydrogens is 290 g/mol. The number of morpholine rings is 1. The van der Waals surface area contributed by atoms with Crippen LogP contribution in [0.1, 0.15) is 20.8 Å². The maximum atomic E-state index is 12.7. The van der Waals surface area contributed by atoms with Gasteiger partial charge in [0.05, 0.1) is 12.2 Å². The first-order chi connectivity index (χ1) is 11.0. The summed E-state index contributed by atoms with van der Waals surface area (Å²) in [6.07, 6.45) is -0.391. The number of carbonyl (C=O) groups is 1. The first-order valence-corrected chi connectivity index (χ1v) is 8.13. The molecule has 0 unspecified atom stereocenters. The zero-order valence-corrected chi connectivity index (χ0v) is 13.9. The molecule has 0 aromatic heterocycles. The van der Waals surface area contributed by atoms with Crippen molar-refractivity contribution in [3.05, 3.63) is 42.5 Å². The summed E-state index contributed by atoms with van der Waals surface area (Å²) < 4.78 is 11.7. The summed E-state index contributed by atoms with van der Waals surface area (Å²) in [6.45, 7) is 7.03. The summed E-state index contributed by atoms with van der Waals surface area (Å²) in [5.41, 5.74) is 0. The Labute approximate surface area is 137 Å². The Morgan fingerprint density at radius 1 is 1.13 bits per heavy atom. The number of ether oxygens (including phenoxy) is 2. The molecule has 1 aliphatic rings. The second-order valence-electron chi connectivity index (χ2n) is 6.24. The summed E-state index contributed by atoms with van der Waals surface area (Å²) in [4.78, 5) is 14.5. The van der Waals surface area contributed by atoms with Crippen LogP contribution in [0.3, 0.4) is 0 Å². The molecule has 0 bridgehead atoms. The minimum absolute atomic E-state index is 0.0138. The number of rotatable bonds is 3. The van der Waals surface area contributed by atoms with Crippen LogP contribution >= 0.6 is 0 Å². The minimum Gasteiger partial charge on any atom is -0.480 e. The molecule has 3 rings (SSSR count). The van der Waals surface area contributed by atoms with Gasteiger partial charge in [-0.05, 0) is 32.2 Å². The van der Waals surface area contributed by atoms with E-state index in [-0.39, 0.29) is 18.1 Å². The molecule has 1 fully saturated rings. The Hall–Kier alpha value is -2.07. The molecule has 0 N–H and O–H groups in total. The molecule has 0 aliphatic carbocycles. The van der Waals surface area contributed by atoms with Crippen LogP contribution in [-0.2, 0) is 9.53 Å². The van der Waals surface area contributed by atoms with E-state index in [0.717, 1.165) is 16.5 Å². The molecule has 1 amide bonds. The maximum absolute atomic E-state index is 12.7. The molecule has 1 heterocycles. The zero-order chi connectivity index (χ0) is 16.4. The third-order valence-corrected chi connectivity index (χ3v) is 4.13. The van der Waals surface area contributed by atoms with Gasteiger partial charge in [-0.2, -0.15) is 0 Å². The second kappa shape index (κ2) is 6.59. The van der Waals surface area contributed by atoms with Gasteiger partial charge in [0, 0.05) is 18.5 Å². The van der Waals surface area contributed by atoms with E-state index in [2.05, 4.69) is 0 Å². The highest BCUT2D eigenvalue weighted by Gasteiger charge is 2.29. The predicted molar refractivity (Wildman–Crippen MR) is 90.6 cm³/mol. The average molecular weight is 313 g/mol. The fourth-order valence-corrected chi connectivity index (χ4v) is 3.15. The van der Waals surface area contributed by atoms with Crippen LogP contribution in [0.5, 0.6) is 5.75 Å². The van der Waals surface area contributed by atoms with Crippen molar-refractivity contribution in [2.75, 3.05) is 13.1 Å². The van der Waals surface area contributed by atoms with E-state index in [4.69, 9.17) is 9.47 Å². The number of fused-ring (bicyclic) bond motifs is 1. The highest BCUT2D eigenvalue weighted by Crippen LogP contribution is 2.26. The van der Waals surface area contributed by atoms with E-state index in [1.54, 1.807) is 0 Å². The van der Waals surface area contributed by atoms with Crippen molar-refractivity contribution in [3.63, 3.8) is 0 Å². The zero-order valence-electron chi connectivity index (χ0n) is 13.9. The Kier molecular flexibility index (Phi) is 4.53. The van der Waals surface area contributed by atoms with E-state index in [9.17, 15) is 4.79 Å². The lowest BCUT2D eigenvalue weighted by Crippen LogP contribution is -2.51. The lowest BCUT2D eigenvalue weighted by molar-refractivity contribution is -0.149. The van der Waals surface area contributed by atoms with Crippen LogP contribution in [0, 0.1) is 0 Å². The minimum atomic E-state index is -0.515. The number of hydrogen-bond acceptors (Lipinski definition) is 3. The average Bonchev–Trinajstić information content (AvgIpc) is 2.53. The molecule has 3 atom stereocenters. The van der Waals surface area contributed by atoms with Gasteiger partial charge in [0.2, 0.25) is 0 Å².